The molecular formula is C16H18FN. The number of rotatable bonds is 3. The summed E-state index contributed by atoms with van der Waals surface area (Å²) in [6.07, 6.45) is 0.650. The fraction of sp³-hybridized carbons (Fsp3) is 0.250. The van der Waals surface area contributed by atoms with Crippen molar-refractivity contribution in [2.24, 2.45) is 5.73 Å². The number of hydrogen-bond acceptors (Lipinski definition) is 1. The van der Waals surface area contributed by atoms with Crippen LogP contribution in [0.2, 0.25) is 0 Å². The van der Waals surface area contributed by atoms with E-state index in [-0.39, 0.29) is 5.82 Å². The normalized spacial score (nSPS) is 14.2. The van der Waals surface area contributed by atoms with E-state index in [1.54, 1.807) is 12.1 Å². The van der Waals surface area contributed by atoms with Gasteiger partial charge < -0.3 is 5.73 Å². The largest absolute Gasteiger partial charge is 0.318 e. The topological polar surface area (TPSA) is 26.0 Å². The monoisotopic (exact) mass is 243 g/mol. The number of benzene rings is 2. The lowest BCUT2D eigenvalue weighted by molar-refractivity contribution is 0.479. The lowest BCUT2D eigenvalue weighted by atomic mass is 9.81. The Kier molecular flexibility index (Phi) is 3.48. The molecule has 0 saturated heterocycles. The molecule has 0 aliphatic carbocycles. The molecule has 18 heavy (non-hydrogen) atoms. The van der Waals surface area contributed by atoms with Crippen molar-refractivity contribution in [3.63, 3.8) is 0 Å². The van der Waals surface area contributed by atoms with Crippen LogP contribution in [0.3, 0.4) is 0 Å². The Labute approximate surface area is 107 Å². The van der Waals surface area contributed by atoms with Crippen molar-refractivity contribution in [2.75, 3.05) is 0 Å². The molecule has 2 heteroatoms. The molecule has 2 aromatic rings. The summed E-state index contributed by atoms with van der Waals surface area (Å²) in [5.41, 5.74) is 8.36. The van der Waals surface area contributed by atoms with Crippen molar-refractivity contribution in [3.05, 3.63) is 71.0 Å². The third-order valence-electron chi connectivity index (χ3n) is 3.48. The van der Waals surface area contributed by atoms with Crippen LogP contribution in [0.25, 0.3) is 0 Å². The molecule has 1 unspecified atom stereocenters. The highest BCUT2D eigenvalue weighted by atomic mass is 19.1. The average molecular weight is 243 g/mol. The van der Waals surface area contributed by atoms with Crippen molar-refractivity contribution in [3.8, 4) is 0 Å². The van der Waals surface area contributed by atoms with Gasteiger partial charge in [0.2, 0.25) is 0 Å². The zero-order valence-electron chi connectivity index (χ0n) is 10.8. The summed E-state index contributed by atoms with van der Waals surface area (Å²) >= 11 is 0. The molecule has 0 aromatic heterocycles. The number of hydrogen-bond donors (Lipinski definition) is 1. The summed E-state index contributed by atoms with van der Waals surface area (Å²) in [7, 11) is 0. The Bertz CT molecular complexity index is 533. The Morgan fingerprint density at radius 1 is 1.06 bits per heavy atom. The van der Waals surface area contributed by atoms with Gasteiger partial charge in [-0.1, -0.05) is 55.0 Å². The molecule has 0 saturated carbocycles. The van der Waals surface area contributed by atoms with Crippen LogP contribution < -0.4 is 5.73 Å². The van der Waals surface area contributed by atoms with Gasteiger partial charge in [-0.3, -0.25) is 0 Å². The Balaban J connectivity index is 2.55. The van der Waals surface area contributed by atoms with E-state index in [9.17, 15) is 4.39 Å². The summed E-state index contributed by atoms with van der Waals surface area (Å²) < 4.78 is 14.0. The van der Waals surface area contributed by atoms with E-state index in [0.29, 0.717) is 12.0 Å². The molecule has 94 valence electrons. The fourth-order valence-corrected chi connectivity index (χ4v) is 2.22. The van der Waals surface area contributed by atoms with Crippen LogP contribution in [-0.4, -0.2) is 0 Å². The van der Waals surface area contributed by atoms with E-state index in [0.717, 1.165) is 5.56 Å². The SMILES string of the molecule is CCC(N)(c1ccc(C)cc1)c1ccccc1F. The van der Waals surface area contributed by atoms with Gasteiger partial charge >= 0.3 is 0 Å². The van der Waals surface area contributed by atoms with Crippen LogP contribution in [0.1, 0.15) is 30.0 Å². The first-order chi connectivity index (χ1) is 8.58. The molecule has 0 spiro atoms. The minimum atomic E-state index is -0.765. The summed E-state index contributed by atoms with van der Waals surface area (Å²) in [4.78, 5) is 0. The van der Waals surface area contributed by atoms with Crippen LogP contribution in [0, 0.1) is 12.7 Å². The van der Waals surface area contributed by atoms with E-state index in [1.165, 1.54) is 11.6 Å². The summed E-state index contributed by atoms with van der Waals surface area (Å²) in [5, 5.41) is 0. The first kappa shape index (κ1) is 12.8. The van der Waals surface area contributed by atoms with E-state index < -0.39 is 5.54 Å². The summed E-state index contributed by atoms with van der Waals surface area (Å²) in [6, 6.07) is 14.7. The zero-order valence-corrected chi connectivity index (χ0v) is 10.8. The van der Waals surface area contributed by atoms with Crippen molar-refractivity contribution in [1.82, 2.24) is 0 Å². The maximum absolute atomic E-state index is 14.0. The predicted molar refractivity (Wildman–Crippen MR) is 72.8 cm³/mol. The van der Waals surface area contributed by atoms with Gasteiger partial charge in [0, 0.05) is 5.56 Å². The van der Waals surface area contributed by atoms with E-state index >= 15 is 0 Å². The molecule has 0 bridgehead atoms. The maximum Gasteiger partial charge on any atom is 0.128 e. The summed E-state index contributed by atoms with van der Waals surface area (Å²) in [5.74, 6) is -0.248. The van der Waals surface area contributed by atoms with Gasteiger partial charge in [0.05, 0.1) is 5.54 Å². The molecule has 0 amide bonds. The van der Waals surface area contributed by atoms with Gasteiger partial charge in [0.1, 0.15) is 5.82 Å². The molecule has 0 aliphatic heterocycles. The molecular weight excluding hydrogens is 225 g/mol. The summed E-state index contributed by atoms with van der Waals surface area (Å²) in [6.45, 7) is 4.00. The molecule has 1 atom stereocenters. The van der Waals surface area contributed by atoms with Gasteiger partial charge in [-0.2, -0.15) is 0 Å². The highest BCUT2D eigenvalue weighted by Gasteiger charge is 2.29. The quantitative estimate of drug-likeness (QED) is 0.873. The second-order valence-electron chi connectivity index (χ2n) is 4.67. The lowest BCUT2D eigenvalue weighted by Crippen LogP contribution is -2.38. The van der Waals surface area contributed by atoms with Crippen molar-refractivity contribution < 1.29 is 4.39 Å². The third kappa shape index (κ3) is 2.16. The van der Waals surface area contributed by atoms with Gasteiger partial charge in [0.25, 0.3) is 0 Å². The van der Waals surface area contributed by atoms with Crippen LogP contribution in [-0.2, 0) is 5.54 Å². The van der Waals surface area contributed by atoms with E-state index in [2.05, 4.69) is 0 Å². The van der Waals surface area contributed by atoms with Gasteiger partial charge in [0.15, 0.2) is 0 Å². The van der Waals surface area contributed by atoms with Crippen molar-refractivity contribution in [2.45, 2.75) is 25.8 Å². The molecule has 1 nitrogen and oxygen atoms in total. The van der Waals surface area contributed by atoms with Crippen molar-refractivity contribution >= 4 is 0 Å². The second kappa shape index (κ2) is 4.91. The average Bonchev–Trinajstić information content (AvgIpc) is 2.39. The zero-order chi connectivity index (χ0) is 13.2. The minimum absolute atomic E-state index is 0.248. The van der Waals surface area contributed by atoms with Gasteiger partial charge in [-0.05, 0) is 25.0 Å². The van der Waals surface area contributed by atoms with Crippen LogP contribution in [0.5, 0.6) is 0 Å². The molecule has 0 aliphatic rings. The Hall–Kier alpha value is -1.67. The predicted octanol–water partition coefficient (Wildman–Crippen LogP) is 3.75. The maximum atomic E-state index is 14.0. The highest BCUT2D eigenvalue weighted by Crippen LogP contribution is 2.31. The van der Waals surface area contributed by atoms with Crippen LogP contribution in [0.15, 0.2) is 48.5 Å². The lowest BCUT2D eigenvalue weighted by Gasteiger charge is -2.30. The van der Waals surface area contributed by atoms with Crippen molar-refractivity contribution in [1.29, 1.82) is 0 Å². The Morgan fingerprint density at radius 3 is 2.22 bits per heavy atom. The van der Waals surface area contributed by atoms with E-state index in [4.69, 9.17) is 5.73 Å². The highest BCUT2D eigenvalue weighted by molar-refractivity contribution is 5.39. The smallest absolute Gasteiger partial charge is 0.128 e. The molecule has 0 heterocycles. The number of halogens is 1. The molecule has 0 radical (unpaired) electrons. The van der Waals surface area contributed by atoms with E-state index in [1.807, 2.05) is 44.2 Å². The molecule has 2 rings (SSSR count). The third-order valence-corrected chi connectivity index (χ3v) is 3.48. The minimum Gasteiger partial charge on any atom is -0.318 e. The second-order valence-corrected chi connectivity index (χ2v) is 4.67. The molecule has 2 aromatic carbocycles. The fourth-order valence-electron chi connectivity index (χ4n) is 2.22. The first-order valence-electron chi connectivity index (χ1n) is 6.19. The van der Waals surface area contributed by atoms with Gasteiger partial charge in [-0.25, -0.2) is 4.39 Å². The standard InChI is InChI=1S/C16H18FN/c1-3-16(18,13-10-8-12(2)9-11-13)14-6-4-5-7-15(14)17/h4-11H,3,18H2,1-2H3. The van der Waals surface area contributed by atoms with Crippen LogP contribution in [0.4, 0.5) is 4.39 Å². The first-order valence-corrected chi connectivity index (χ1v) is 6.19. The van der Waals surface area contributed by atoms with Gasteiger partial charge in [-0.15, -0.1) is 0 Å². The molecule has 2 N–H and O–H groups in total. The van der Waals surface area contributed by atoms with Crippen LogP contribution >= 0.6 is 0 Å². The number of nitrogens with two attached hydrogens (primary N) is 1. The molecule has 0 fully saturated rings. The number of aryl methyl sites for hydroxylation is 1. The Morgan fingerprint density at radius 2 is 1.67 bits per heavy atom.